The van der Waals surface area contributed by atoms with E-state index in [0.29, 0.717) is 40.0 Å². The summed E-state index contributed by atoms with van der Waals surface area (Å²) in [4.78, 5) is 12.1. The predicted octanol–water partition coefficient (Wildman–Crippen LogP) is 2.59. The van der Waals surface area contributed by atoms with Crippen LogP contribution in [-0.2, 0) is 26.1 Å². The van der Waals surface area contributed by atoms with Crippen molar-refractivity contribution in [1.29, 1.82) is 0 Å². The van der Waals surface area contributed by atoms with Gasteiger partial charge in [-0.2, -0.15) is 8.42 Å². The Morgan fingerprint density at radius 3 is 2.52 bits per heavy atom. The first kappa shape index (κ1) is 19.7. The summed E-state index contributed by atoms with van der Waals surface area (Å²) in [5.41, 5.74) is 0.592. The molecule has 1 aliphatic heterocycles. The van der Waals surface area contributed by atoms with E-state index < -0.39 is 16.0 Å². The van der Waals surface area contributed by atoms with E-state index >= 15 is 0 Å². The Bertz CT molecular complexity index is 1260. The molecule has 0 fully saturated rings. The van der Waals surface area contributed by atoms with Crippen molar-refractivity contribution >= 4 is 49.1 Å². The number of esters is 1. The molecule has 0 atom stereocenters. The second kappa shape index (κ2) is 7.69. The Labute approximate surface area is 175 Å². The van der Waals surface area contributed by atoms with Crippen molar-refractivity contribution in [3.05, 3.63) is 46.2 Å². The minimum absolute atomic E-state index is 0.00469. The molecule has 1 aromatic heterocycles. The highest BCUT2D eigenvalue weighted by Crippen LogP contribution is 2.35. The topological polar surface area (TPSA) is 96.2 Å². The maximum atomic E-state index is 12.8. The number of methoxy groups -OCH3 is 1. The van der Waals surface area contributed by atoms with Gasteiger partial charge in [0.25, 0.3) is 10.0 Å². The van der Waals surface area contributed by atoms with Gasteiger partial charge in [-0.15, -0.1) is 4.40 Å². The quantitative estimate of drug-likeness (QED) is 0.562. The summed E-state index contributed by atoms with van der Waals surface area (Å²) in [5, 5.41) is 0.414. The third kappa shape index (κ3) is 3.96. The fraction of sp³-hybridized carbons (Fsp3) is 0.222. The molecule has 2 heterocycles. The van der Waals surface area contributed by atoms with E-state index in [1.165, 1.54) is 35.9 Å². The average molecular weight is 455 g/mol. The predicted molar refractivity (Wildman–Crippen MR) is 107 cm³/mol. The number of rotatable bonds is 4. The van der Waals surface area contributed by atoms with E-state index in [1.807, 2.05) is 0 Å². The van der Waals surface area contributed by atoms with E-state index in [-0.39, 0.29) is 16.2 Å². The molecule has 1 aliphatic rings. The molecule has 0 unspecified atom stereocenters. The molecule has 3 aromatic rings. The van der Waals surface area contributed by atoms with Gasteiger partial charge in [-0.05, 0) is 24.3 Å². The Morgan fingerprint density at radius 1 is 1.21 bits per heavy atom. The van der Waals surface area contributed by atoms with E-state index in [0.717, 1.165) is 11.3 Å². The normalized spacial score (nSPS) is 14.2. The van der Waals surface area contributed by atoms with E-state index in [4.69, 9.17) is 25.8 Å². The lowest BCUT2D eigenvalue weighted by molar-refractivity contribution is -0.141. The Kier molecular flexibility index (Phi) is 5.24. The molecular formula is C18H15ClN2O6S2. The lowest BCUT2D eigenvalue weighted by Gasteiger charge is -2.18. The molecule has 0 bridgehead atoms. The highest BCUT2D eigenvalue weighted by atomic mass is 35.5. The van der Waals surface area contributed by atoms with Gasteiger partial charge in [-0.25, -0.2) is 0 Å². The lowest BCUT2D eigenvalue weighted by atomic mass is 10.2. The molecule has 152 valence electrons. The van der Waals surface area contributed by atoms with Crippen molar-refractivity contribution in [3.63, 3.8) is 0 Å². The molecule has 29 heavy (non-hydrogen) atoms. The maximum absolute atomic E-state index is 12.8. The lowest BCUT2D eigenvalue weighted by Crippen LogP contribution is -2.22. The SMILES string of the molecule is COC(=O)Cn1/c(=N/S(=O)(=O)c2ccc(Cl)cc2)sc2cc3c(cc21)OCCO3. The zero-order chi connectivity index (χ0) is 20.6. The van der Waals surface area contributed by atoms with E-state index in [9.17, 15) is 13.2 Å². The largest absolute Gasteiger partial charge is 0.486 e. The van der Waals surface area contributed by atoms with E-state index in [2.05, 4.69) is 4.40 Å². The van der Waals surface area contributed by atoms with E-state index in [1.54, 1.807) is 12.1 Å². The fourth-order valence-corrected chi connectivity index (χ4v) is 5.15. The van der Waals surface area contributed by atoms with Crippen molar-refractivity contribution in [2.24, 2.45) is 4.40 Å². The number of sulfonamides is 1. The molecule has 0 saturated carbocycles. The molecule has 0 amide bonds. The summed E-state index contributed by atoms with van der Waals surface area (Å²) in [5.74, 6) is 0.541. The van der Waals surface area contributed by atoms with Crippen LogP contribution in [-0.4, -0.2) is 39.3 Å². The maximum Gasteiger partial charge on any atom is 0.325 e. The number of thiazole rings is 1. The average Bonchev–Trinajstić information content (AvgIpc) is 3.01. The zero-order valence-corrected chi connectivity index (χ0v) is 17.5. The van der Waals surface area contributed by atoms with Gasteiger partial charge in [0.05, 0.1) is 22.2 Å². The molecule has 0 spiro atoms. The van der Waals surface area contributed by atoms with Crippen molar-refractivity contribution in [3.8, 4) is 11.5 Å². The van der Waals surface area contributed by atoms with Crippen LogP contribution < -0.4 is 14.3 Å². The van der Waals surface area contributed by atoms with Gasteiger partial charge in [0.15, 0.2) is 11.5 Å². The zero-order valence-electron chi connectivity index (χ0n) is 15.1. The van der Waals surface area contributed by atoms with Gasteiger partial charge in [-0.1, -0.05) is 22.9 Å². The van der Waals surface area contributed by atoms with Crippen molar-refractivity contribution in [2.75, 3.05) is 20.3 Å². The standard InChI is InChI=1S/C18H15ClN2O6S2/c1-25-17(22)10-21-13-8-14-15(27-7-6-26-14)9-16(13)28-18(21)20-29(23,24)12-4-2-11(19)3-5-12/h2-5,8-9H,6-7,10H2,1H3/b20-18-. The Morgan fingerprint density at radius 2 is 1.86 bits per heavy atom. The van der Waals surface area contributed by atoms with Crippen LogP contribution >= 0.6 is 22.9 Å². The number of aromatic nitrogens is 1. The number of ether oxygens (including phenoxy) is 3. The van der Waals surface area contributed by atoms with Crippen molar-refractivity contribution in [1.82, 2.24) is 4.57 Å². The van der Waals surface area contributed by atoms with Crippen LogP contribution in [0.1, 0.15) is 0 Å². The number of halogens is 1. The highest BCUT2D eigenvalue weighted by Gasteiger charge is 2.20. The first-order valence-corrected chi connectivity index (χ1v) is 11.1. The summed E-state index contributed by atoms with van der Waals surface area (Å²) in [6, 6.07) is 9.15. The van der Waals surface area contributed by atoms with Gasteiger partial charge >= 0.3 is 5.97 Å². The van der Waals surface area contributed by atoms with Crippen molar-refractivity contribution < 1.29 is 27.4 Å². The van der Waals surface area contributed by atoms with Gasteiger partial charge < -0.3 is 18.8 Å². The number of benzene rings is 2. The number of hydrogen-bond donors (Lipinski definition) is 0. The monoisotopic (exact) mass is 454 g/mol. The minimum atomic E-state index is -4.02. The molecule has 2 aromatic carbocycles. The molecule has 11 heteroatoms. The van der Waals surface area contributed by atoms with Crippen LogP contribution in [0.25, 0.3) is 10.2 Å². The van der Waals surface area contributed by atoms with Gasteiger partial charge in [0.2, 0.25) is 4.80 Å². The number of carbonyl (C=O) groups excluding carboxylic acids is 1. The van der Waals surface area contributed by atoms with Gasteiger partial charge in [-0.3, -0.25) is 4.79 Å². The summed E-state index contributed by atoms with van der Waals surface area (Å²) < 4.78 is 47.6. The minimum Gasteiger partial charge on any atom is -0.486 e. The summed E-state index contributed by atoms with van der Waals surface area (Å²) >= 11 is 6.96. The Hall–Kier alpha value is -2.56. The van der Waals surface area contributed by atoms with Crippen LogP contribution in [0.15, 0.2) is 45.7 Å². The summed E-state index contributed by atoms with van der Waals surface area (Å²) in [7, 11) is -2.76. The number of hydrogen-bond acceptors (Lipinski definition) is 7. The van der Waals surface area contributed by atoms with Gasteiger partial charge in [0, 0.05) is 17.2 Å². The number of carbonyl (C=O) groups is 1. The second-order valence-electron chi connectivity index (χ2n) is 6.03. The third-order valence-electron chi connectivity index (χ3n) is 4.17. The molecule has 0 aliphatic carbocycles. The Balaban J connectivity index is 1.92. The first-order chi connectivity index (χ1) is 13.9. The third-order valence-corrected chi connectivity index (χ3v) is 6.86. The van der Waals surface area contributed by atoms with Gasteiger partial charge in [0.1, 0.15) is 19.8 Å². The van der Waals surface area contributed by atoms with Crippen LogP contribution in [0.4, 0.5) is 0 Å². The smallest absolute Gasteiger partial charge is 0.325 e. The highest BCUT2D eigenvalue weighted by molar-refractivity contribution is 7.90. The second-order valence-corrected chi connectivity index (χ2v) is 9.08. The molecular weight excluding hydrogens is 440 g/mol. The summed E-state index contributed by atoms with van der Waals surface area (Å²) in [6.45, 7) is 0.626. The molecule has 4 rings (SSSR count). The van der Waals surface area contributed by atoms with Crippen LogP contribution in [0.5, 0.6) is 11.5 Å². The number of fused-ring (bicyclic) bond motifs is 2. The number of nitrogens with zero attached hydrogens (tertiary/aromatic N) is 2. The fourth-order valence-electron chi connectivity index (χ4n) is 2.79. The van der Waals surface area contributed by atoms with Crippen LogP contribution in [0.3, 0.4) is 0 Å². The summed E-state index contributed by atoms with van der Waals surface area (Å²) in [6.07, 6.45) is 0. The van der Waals surface area contributed by atoms with Crippen molar-refractivity contribution in [2.45, 2.75) is 11.4 Å². The molecule has 0 radical (unpaired) electrons. The van der Waals surface area contributed by atoms with Crippen LogP contribution in [0, 0.1) is 0 Å². The molecule has 8 nitrogen and oxygen atoms in total. The molecule has 0 saturated heterocycles. The molecule has 0 N–H and O–H groups in total. The first-order valence-electron chi connectivity index (χ1n) is 8.44. The van der Waals surface area contributed by atoms with Crippen LogP contribution in [0.2, 0.25) is 5.02 Å².